The molecule has 0 aliphatic rings. The van der Waals surface area contributed by atoms with E-state index in [0.29, 0.717) is 11.5 Å². The third kappa shape index (κ3) is 1.85. The largest absolute Gasteiger partial charge is 0.339 e. The minimum Gasteiger partial charge on any atom is -0.253 e. The first-order valence-electron chi connectivity index (χ1n) is 5.93. The van der Waals surface area contributed by atoms with Gasteiger partial charge >= 0.3 is 5.69 Å². The summed E-state index contributed by atoms with van der Waals surface area (Å²) in [4.78, 5) is 17.0. The number of hydrogen-bond acceptors (Lipinski definition) is 2. The van der Waals surface area contributed by atoms with E-state index in [2.05, 4.69) is 4.98 Å². The lowest BCUT2D eigenvalue weighted by atomic mass is 10.2. The third-order valence-electron chi connectivity index (χ3n) is 3.10. The normalized spacial score (nSPS) is 11.1. The molecule has 4 nitrogen and oxygen atoms in total. The Kier molecular flexibility index (Phi) is 2.87. The molecule has 0 saturated heterocycles. The average Bonchev–Trinajstić information content (AvgIpc) is 2.88. The van der Waals surface area contributed by atoms with Crippen LogP contribution in [-0.2, 0) is 5.88 Å². The molecule has 19 heavy (non-hydrogen) atoms. The van der Waals surface area contributed by atoms with Crippen LogP contribution in [0.1, 0.15) is 11.4 Å². The van der Waals surface area contributed by atoms with Gasteiger partial charge in [-0.15, -0.1) is 11.6 Å². The molecule has 0 aliphatic heterocycles. The van der Waals surface area contributed by atoms with Crippen LogP contribution >= 0.6 is 11.6 Å². The molecule has 0 unspecified atom stereocenters. The van der Waals surface area contributed by atoms with E-state index < -0.39 is 0 Å². The number of aromatic nitrogens is 3. The Morgan fingerprint density at radius 1 is 1.21 bits per heavy atom. The first-order valence-corrected chi connectivity index (χ1v) is 6.47. The van der Waals surface area contributed by atoms with Gasteiger partial charge in [0.25, 0.3) is 0 Å². The maximum absolute atomic E-state index is 12.5. The first-order chi connectivity index (χ1) is 9.22. The molecule has 2 heterocycles. The molecule has 0 atom stereocenters. The average molecular weight is 274 g/mol. The number of benzene rings is 1. The molecule has 0 aliphatic carbocycles. The van der Waals surface area contributed by atoms with Crippen LogP contribution in [0, 0.1) is 6.92 Å². The van der Waals surface area contributed by atoms with Crippen LogP contribution in [0.5, 0.6) is 0 Å². The summed E-state index contributed by atoms with van der Waals surface area (Å²) in [7, 11) is 0. The van der Waals surface area contributed by atoms with Gasteiger partial charge in [-0.1, -0.05) is 18.2 Å². The fourth-order valence-corrected chi connectivity index (χ4v) is 2.35. The molecular formula is C14H12ClN3O. The second-order valence-electron chi connectivity index (χ2n) is 4.30. The molecule has 3 aromatic rings. The minimum atomic E-state index is -0.153. The number of halogens is 1. The lowest BCUT2D eigenvalue weighted by molar-refractivity contribution is 0.788. The van der Waals surface area contributed by atoms with Crippen LogP contribution in [0.2, 0.25) is 0 Å². The summed E-state index contributed by atoms with van der Waals surface area (Å²) in [5, 5.41) is 0. The summed E-state index contributed by atoms with van der Waals surface area (Å²) in [5.74, 6) is 0.734. The highest BCUT2D eigenvalue weighted by Crippen LogP contribution is 2.14. The molecule has 3 rings (SSSR count). The van der Waals surface area contributed by atoms with Gasteiger partial charge < -0.3 is 0 Å². The predicted octanol–water partition coefficient (Wildman–Crippen LogP) is 2.53. The van der Waals surface area contributed by atoms with Crippen molar-refractivity contribution in [1.29, 1.82) is 0 Å². The number of hydrogen-bond donors (Lipinski definition) is 0. The van der Waals surface area contributed by atoms with Crippen LogP contribution in [0.3, 0.4) is 0 Å². The van der Waals surface area contributed by atoms with E-state index in [0.717, 1.165) is 11.3 Å². The van der Waals surface area contributed by atoms with Crippen molar-refractivity contribution in [2.24, 2.45) is 0 Å². The zero-order chi connectivity index (χ0) is 13.4. The van der Waals surface area contributed by atoms with Gasteiger partial charge in [-0.2, -0.15) is 0 Å². The highest BCUT2D eigenvalue weighted by molar-refractivity contribution is 6.16. The third-order valence-corrected chi connectivity index (χ3v) is 3.34. The standard InChI is InChI=1S/C14H12ClN3O/c1-10-5-2-3-6-11(10)18-13(9-15)16-12-7-4-8-17(12)14(18)19/h2-8H,9H2,1H3. The number of alkyl halides is 1. The maximum atomic E-state index is 12.5. The summed E-state index contributed by atoms with van der Waals surface area (Å²) in [5.41, 5.74) is 2.28. The number of fused-ring (bicyclic) bond motifs is 1. The van der Waals surface area contributed by atoms with Crippen molar-refractivity contribution >= 4 is 17.2 Å². The quantitative estimate of drug-likeness (QED) is 0.673. The Balaban J connectivity index is 2.43. The van der Waals surface area contributed by atoms with E-state index in [4.69, 9.17) is 11.6 Å². The monoisotopic (exact) mass is 273 g/mol. The van der Waals surface area contributed by atoms with Gasteiger partial charge in [0.2, 0.25) is 0 Å². The Morgan fingerprint density at radius 3 is 2.74 bits per heavy atom. The molecule has 5 heteroatoms. The number of para-hydroxylation sites is 1. The number of nitrogens with zero attached hydrogens (tertiary/aromatic N) is 3. The van der Waals surface area contributed by atoms with Crippen molar-refractivity contribution in [3.63, 3.8) is 0 Å². The Labute approximate surface area is 114 Å². The predicted molar refractivity (Wildman–Crippen MR) is 75.1 cm³/mol. The molecule has 0 radical (unpaired) electrons. The second kappa shape index (κ2) is 4.55. The number of rotatable bonds is 2. The molecule has 0 amide bonds. The SMILES string of the molecule is Cc1ccccc1-n1c(CCl)nc2cccn2c1=O. The van der Waals surface area contributed by atoms with Crippen molar-refractivity contribution in [1.82, 2.24) is 14.0 Å². The zero-order valence-corrected chi connectivity index (χ0v) is 11.1. The van der Waals surface area contributed by atoms with E-state index in [-0.39, 0.29) is 11.6 Å². The van der Waals surface area contributed by atoms with Crippen molar-refractivity contribution in [3.8, 4) is 5.69 Å². The molecule has 1 aromatic carbocycles. The van der Waals surface area contributed by atoms with Crippen LogP contribution in [-0.4, -0.2) is 14.0 Å². The Morgan fingerprint density at radius 2 is 2.00 bits per heavy atom. The van der Waals surface area contributed by atoms with E-state index in [1.807, 2.05) is 31.2 Å². The van der Waals surface area contributed by atoms with Gasteiger partial charge in [-0.05, 0) is 30.7 Å². The van der Waals surface area contributed by atoms with Gasteiger partial charge in [0.15, 0.2) is 0 Å². The first kappa shape index (κ1) is 12.0. The fourth-order valence-electron chi connectivity index (χ4n) is 2.17. The van der Waals surface area contributed by atoms with Crippen LogP contribution in [0.4, 0.5) is 0 Å². The summed E-state index contributed by atoms with van der Waals surface area (Å²) in [6.07, 6.45) is 1.71. The van der Waals surface area contributed by atoms with Crippen LogP contribution in [0.15, 0.2) is 47.4 Å². The fraction of sp³-hybridized carbons (Fsp3) is 0.143. The summed E-state index contributed by atoms with van der Waals surface area (Å²) < 4.78 is 3.08. The van der Waals surface area contributed by atoms with Gasteiger partial charge in [0.05, 0.1) is 11.6 Å². The summed E-state index contributed by atoms with van der Waals surface area (Å²) >= 11 is 5.94. The molecule has 2 aromatic heterocycles. The molecule has 0 spiro atoms. The zero-order valence-electron chi connectivity index (χ0n) is 10.4. The van der Waals surface area contributed by atoms with Gasteiger partial charge in [-0.3, -0.25) is 4.40 Å². The van der Waals surface area contributed by atoms with Crippen molar-refractivity contribution < 1.29 is 0 Å². The van der Waals surface area contributed by atoms with Crippen molar-refractivity contribution in [3.05, 3.63) is 64.5 Å². The lowest BCUT2D eigenvalue weighted by Gasteiger charge is -2.13. The lowest BCUT2D eigenvalue weighted by Crippen LogP contribution is -2.29. The summed E-state index contributed by atoms with van der Waals surface area (Å²) in [6.45, 7) is 1.96. The van der Waals surface area contributed by atoms with E-state index in [1.54, 1.807) is 22.9 Å². The second-order valence-corrected chi connectivity index (χ2v) is 4.57. The Bertz CT molecular complexity index is 804. The van der Waals surface area contributed by atoms with Crippen LogP contribution in [0.25, 0.3) is 11.3 Å². The molecule has 0 fully saturated rings. The Hall–Kier alpha value is -2.07. The smallest absolute Gasteiger partial charge is 0.253 e. The number of aryl methyl sites for hydroxylation is 1. The van der Waals surface area contributed by atoms with Gasteiger partial charge in [0.1, 0.15) is 11.5 Å². The topological polar surface area (TPSA) is 39.3 Å². The van der Waals surface area contributed by atoms with Crippen molar-refractivity contribution in [2.75, 3.05) is 0 Å². The van der Waals surface area contributed by atoms with Gasteiger partial charge in [-0.25, -0.2) is 14.3 Å². The minimum absolute atomic E-state index is 0.153. The molecule has 96 valence electrons. The highest BCUT2D eigenvalue weighted by Gasteiger charge is 2.12. The van der Waals surface area contributed by atoms with E-state index in [1.165, 1.54) is 4.40 Å². The molecule has 0 bridgehead atoms. The highest BCUT2D eigenvalue weighted by atomic mass is 35.5. The maximum Gasteiger partial charge on any atom is 0.339 e. The van der Waals surface area contributed by atoms with E-state index >= 15 is 0 Å². The van der Waals surface area contributed by atoms with E-state index in [9.17, 15) is 4.79 Å². The summed E-state index contributed by atoms with van der Waals surface area (Å²) in [6, 6.07) is 11.3. The molecular weight excluding hydrogens is 262 g/mol. The molecule has 0 saturated carbocycles. The van der Waals surface area contributed by atoms with Crippen LogP contribution < -0.4 is 5.69 Å². The van der Waals surface area contributed by atoms with Gasteiger partial charge in [0, 0.05) is 6.20 Å². The van der Waals surface area contributed by atoms with Crippen molar-refractivity contribution in [2.45, 2.75) is 12.8 Å². The molecule has 0 N–H and O–H groups in total.